The molecule has 1 aliphatic carbocycles. The van der Waals surface area contributed by atoms with Gasteiger partial charge >= 0.3 is 0 Å². The number of H-pyrrole nitrogens is 1. The first-order chi connectivity index (χ1) is 10.9. The summed E-state index contributed by atoms with van der Waals surface area (Å²) in [5, 5.41) is 7.23. The summed E-state index contributed by atoms with van der Waals surface area (Å²) in [5.74, 6) is 2.43. The van der Waals surface area contributed by atoms with Crippen molar-refractivity contribution in [3.63, 3.8) is 0 Å². The van der Waals surface area contributed by atoms with E-state index in [1.54, 1.807) is 0 Å². The quantitative estimate of drug-likeness (QED) is 0.857. The predicted octanol–water partition coefficient (Wildman–Crippen LogP) is 3.40. The molecule has 0 atom stereocenters. The van der Waals surface area contributed by atoms with E-state index in [1.165, 1.54) is 6.42 Å². The Balaban J connectivity index is 1.63. The number of aromatic nitrogens is 3. The molecular weight excluding hydrogens is 308 g/mol. The van der Waals surface area contributed by atoms with Gasteiger partial charge < -0.3 is 9.47 Å². The molecule has 1 saturated carbocycles. The summed E-state index contributed by atoms with van der Waals surface area (Å²) < 4.78 is 2.63. The molecule has 5 nitrogen and oxygen atoms in total. The molecule has 23 heavy (non-hydrogen) atoms. The summed E-state index contributed by atoms with van der Waals surface area (Å²) in [5.41, 5.74) is -0.0498. The van der Waals surface area contributed by atoms with Crippen molar-refractivity contribution < 1.29 is 4.79 Å². The minimum absolute atomic E-state index is 0.0498. The maximum atomic E-state index is 13.0. The van der Waals surface area contributed by atoms with Crippen LogP contribution in [0.3, 0.4) is 0 Å². The van der Waals surface area contributed by atoms with E-state index < -0.39 is 0 Å². The molecule has 6 heteroatoms. The lowest BCUT2D eigenvalue weighted by molar-refractivity contribution is -0.150. The Morgan fingerprint density at radius 3 is 2.48 bits per heavy atom. The lowest BCUT2D eigenvalue weighted by Crippen LogP contribution is -2.50. The van der Waals surface area contributed by atoms with Gasteiger partial charge in [-0.25, -0.2) is 0 Å². The van der Waals surface area contributed by atoms with Gasteiger partial charge in [0.05, 0.1) is 0 Å². The van der Waals surface area contributed by atoms with Gasteiger partial charge in [0.1, 0.15) is 5.82 Å². The monoisotopic (exact) mass is 336 g/mol. The van der Waals surface area contributed by atoms with Crippen LogP contribution in [0.5, 0.6) is 0 Å². The van der Waals surface area contributed by atoms with E-state index in [0.29, 0.717) is 22.5 Å². The van der Waals surface area contributed by atoms with Crippen LogP contribution in [0.25, 0.3) is 0 Å². The molecule has 2 heterocycles. The molecule has 0 radical (unpaired) electrons. The number of carbonyl (C=O) groups excluding carboxylic acids is 1. The van der Waals surface area contributed by atoms with E-state index in [-0.39, 0.29) is 5.41 Å². The molecule has 1 N–H and O–H groups in total. The number of carbonyl (C=O) groups is 1. The first-order valence-corrected chi connectivity index (χ1v) is 9.24. The third-order valence-corrected chi connectivity index (χ3v) is 5.99. The van der Waals surface area contributed by atoms with Crippen LogP contribution in [0, 0.1) is 16.1 Å². The van der Waals surface area contributed by atoms with Gasteiger partial charge in [-0.2, -0.15) is 5.10 Å². The van der Waals surface area contributed by atoms with E-state index in [0.717, 1.165) is 51.0 Å². The van der Waals surface area contributed by atoms with Crippen molar-refractivity contribution in [3.05, 3.63) is 10.6 Å². The molecule has 2 aliphatic rings. The zero-order valence-corrected chi connectivity index (χ0v) is 15.3. The molecular formula is C17H28N4OS. The highest BCUT2D eigenvalue weighted by atomic mass is 32.1. The fourth-order valence-electron chi connectivity index (χ4n) is 4.29. The van der Waals surface area contributed by atoms with E-state index in [2.05, 4.69) is 28.9 Å². The van der Waals surface area contributed by atoms with Crippen LogP contribution in [0.1, 0.15) is 64.1 Å². The molecule has 0 bridgehead atoms. The van der Waals surface area contributed by atoms with Gasteiger partial charge in [0.2, 0.25) is 5.91 Å². The highest BCUT2D eigenvalue weighted by Crippen LogP contribution is 2.47. The van der Waals surface area contributed by atoms with Crippen molar-refractivity contribution in [2.45, 2.75) is 58.3 Å². The standard InChI is InChI=1S/C17H28N4OS/c1-12(2)11-17(7-4-8-17)15(22)21-9-5-13(6-10-21)14-18-19-16(23)20(14)3/h12-13H,4-11H2,1-3H3,(H,19,23). The summed E-state index contributed by atoms with van der Waals surface area (Å²) in [6, 6.07) is 0. The van der Waals surface area contributed by atoms with Crippen molar-refractivity contribution in [1.29, 1.82) is 0 Å². The second-order valence-corrected chi connectivity index (χ2v) is 8.13. The Labute approximate surface area is 143 Å². The maximum absolute atomic E-state index is 13.0. The molecule has 0 aromatic carbocycles. The number of aromatic amines is 1. The van der Waals surface area contributed by atoms with Gasteiger partial charge in [-0.05, 0) is 50.2 Å². The Morgan fingerprint density at radius 2 is 2.04 bits per heavy atom. The maximum Gasteiger partial charge on any atom is 0.228 e. The third-order valence-electron chi connectivity index (χ3n) is 5.63. The Morgan fingerprint density at radius 1 is 1.39 bits per heavy atom. The topological polar surface area (TPSA) is 53.9 Å². The second kappa shape index (κ2) is 6.38. The lowest BCUT2D eigenvalue weighted by atomic mass is 9.63. The predicted molar refractivity (Wildman–Crippen MR) is 92.7 cm³/mol. The minimum Gasteiger partial charge on any atom is -0.342 e. The third kappa shape index (κ3) is 3.10. The number of likely N-dealkylation sites (tertiary alicyclic amines) is 1. The molecule has 128 valence electrons. The normalized spacial score (nSPS) is 21.5. The first kappa shape index (κ1) is 16.7. The molecule has 1 saturated heterocycles. The van der Waals surface area contributed by atoms with Crippen LogP contribution in [-0.2, 0) is 11.8 Å². The van der Waals surface area contributed by atoms with Gasteiger partial charge in [-0.15, -0.1) is 0 Å². The Bertz CT molecular complexity index is 621. The molecule has 3 rings (SSSR count). The number of hydrogen-bond donors (Lipinski definition) is 1. The largest absolute Gasteiger partial charge is 0.342 e. The number of nitrogens with zero attached hydrogens (tertiary/aromatic N) is 3. The van der Waals surface area contributed by atoms with Crippen molar-refractivity contribution >= 4 is 18.1 Å². The number of piperidine rings is 1. The molecule has 1 aromatic heterocycles. The highest BCUT2D eigenvalue weighted by molar-refractivity contribution is 7.71. The average Bonchev–Trinajstić information content (AvgIpc) is 2.82. The zero-order chi connectivity index (χ0) is 16.6. The van der Waals surface area contributed by atoms with Crippen LogP contribution < -0.4 is 0 Å². The Hall–Kier alpha value is -1.17. The molecule has 1 amide bonds. The van der Waals surface area contributed by atoms with Gasteiger partial charge in [-0.3, -0.25) is 9.89 Å². The molecule has 1 aromatic rings. The molecule has 1 aliphatic heterocycles. The van der Waals surface area contributed by atoms with Gasteiger partial charge in [0.15, 0.2) is 4.77 Å². The van der Waals surface area contributed by atoms with Crippen molar-refractivity contribution in [2.24, 2.45) is 18.4 Å². The van der Waals surface area contributed by atoms with E-state index in [4.69, 9.17) is 12.2 Å². The van der Waals surface area contributed by atoms with Crippen molar-refractivity contribution in [3.8, 4) is 0 Å². The van der Waals surface area contributed by atoms with E-state index in [1.807, 2.05) is 11.6 Å². The SMILES string of the molecule is CC(C)CC1(C(=O)N2CCC(c3n[nH]c(=S)n3C)CC2)CCC1. The molecule has 2 fully saturated rings. The van der Waals surface area contributed by atoms with Crippen molar-refractivity contribution in [1.82, 2.24) is 19.7 Å². The summed E-state index contributed by atoms with van der Waals surface area (Å²) in [4.78, 5) is 15.1. The first-order valence-electron chi connectivity index (χ1n) is 8.83. The fourth-order valence-corrected chi connectivity index (χ4v) is 4.43. The average molecular weight is 337 g/mol. The Kier molecular flexibility index (Phi) is 4.63. The highest BCUT2D eigenvalue weighted by Gasteiger charge is 2.46. The van der Waals surface area contributed by atoms with Crippen LogP contribution >= 0.6 is 12.2 Å². The number of rotatable bonds is 4. The van der Waals surface area contributed by atoms with Gasteiger partial charge in [0.25, 0.3) is 0 Å². The minimum atomic E-state index is -0.0498. The lowest BCUT2D eigenvalue weighted by Gasteiger charge is -2.46. The smallest absolute Gasteiger partial charge is 0.228 e. The van der Waals surface area contributed by atoms with E-state index in [9.17, 15) is 4.79 Å². The molecule has 0 unspecified atom stereocenters. The number of hydrogen-bond acceptors (Lipinski definition) is 3. The van der Waals surface area contributed by atoms with Gasteiger partial charge in [0, 0.05) is 31.5 Å². The fraction of sp³-hybridized carbons (Fsp3) is 0.824. The second-order valence-electron chi connectivity index (χ2n) is 7.74. The van der Waals surface area contributed by atoms with Crippen LogP contribution in [0.2, 0.25) is 0 Å². The van der Waals surface area contributed by atoms with E-state index >= 15 is 0 Å². The van der Waals surface area contributed by atoms with Crippen LogP contribution in [0.4, 0.5) is 0 Å². The number of amides is 1. The van der Waals surface area contributed by atoms with Gasteiger partial charge in [-0.1, -0.05) is 20.3 Å². The zero-order valence-electron chi connectivity index (χ0n) is 14.5. The summed E-state index contributed by atoms with van der Waals surface area (Å²) in [6.45, 7) is 6.15. The van der Waals surface area contributed by atoms with Crippen molar-refractivity contribution in [2.75, 3.05) is 13.1 Å². The summed E-state index contributed by atoms with van der Waals surface area (Å²) in [6.07, 6.45) is 6.38. The summed E-state index contributed by atoms with van der Waals surface area (Å²) in [7, 11) is 1.96. The van der Waals surface area contributed by atoms with Crippen LogP contribution in [0.15, 0.2) is 0 Å². The van der Waals surface area contributed by atoms with Crippen LogP contribution in [-0.4, -0.2) is 38.7 Å². The summed E-state index contributed by atoms with van der Waals surface area (Å²) >= 11 is 5.20. The number of nitrogens with one attached hydrogen (secondary N) is 1. The molecule has 0 spiro atoms.